The molecule has 0 heterocycles. The van der Waals surface area contributed by atoms with Crippen LogP contribution in [0.4, 0.5) is 0 Å². The first-order valence-electron chi connectivity index (χ1n) is 8.04. The van der Waals surface area contributed by atoms with Crippen LogP contribution in [0.3, 0.4) is 0 Å². The molecule has 0 bridgehead atoms. The molecule has 1 aromatic rings. The van der Waals surface area contributed by atoms with Crippen molar-refractivity contribution in [2.45, 2.75) is 51.0 Å². The topological polar surface area (TPSA) is 121 Å². The van der Waals surface area contributed by atoms with Crippen molar-refractivity contribution in [2.75, 3.05) is 0 Å². The normalized spacial score (nSPS) is 11.8. The first kappa shape index (κ1) is 22.1. The fourth-order valence-corrected chi connectivity index (χ4v) is 4.03. The second-order valence-corrected chi connectivity index (χ2v) is 8.77. The zero-order chi connectivity index (χ0) is 19.8. The standard InChI is InChI=1S/C16H22O8S2/c1-3-5-15(17)23-25(19,20)11-13-7-9-14(10-8-13)12-26(21,22)24-16(18)6-4-2/h7-10H,3-6,11-12H2,1-2H3. The quantitative estimate of drug-likeness (QED) is 0.541. The molecular weight excluding hydrogens is 384 g/mol. The molecule has 0 N–H and O–H groups in total. The summed E-state index contributed by atoms with van der Waals surface area (Å²) < 4.78 is 56.0. The van der Waals surface area contributed by atoms with E-state index in [9.17, 15) is 26.4 Å². The lowest BCUT2D eigenvalue weighted by Gasteiger charge is -2.07. The van der Waals surface area contributed by atoms with Gasteiger partial charge in [-0.25, -0.2) is 0 Å². The van der Waals surface area contributed by atoms with Crippen molar-refractivity contribution >= 4 is 32.2 Å². The second-order valence-electron chi connectivity index (χ2n) is 5.63. The third-order valence-electron chi connectivity index (χ3n) is 3.06. The van der Waals surface area contributed by atoms with Crippen LogP contribution in [0.15, 0.2) is 24.3 Å². The molecule has 0 aliphatic heterocycles. The number of hydrogen-bond donors (Lipinski definition) is 0. The Bertz CT molecular complexity index is 753. The van der Waals surface area contributed by atoms with Crippen LogP contribution in [0.5, 0.6) is 0 Å². The van der Waals surface area contributed by atoms with Crippen molar-refractivity contribution in [2.24, 2.45) is 0 Å². The molecule has 1 aromatic carbocycles. The van der Waals surface area contributed by atoms with Crippen molar-refractivity contribution in [3.05, 3.63) is 35.4 Å². The Morgan fingerprint density at radius 3 is 1.31 bits per heavy atom. The van der Waals surface area contributed by atoms with Gasteiger partial charge in [0.25, 0.3) is 0 Å². The fraction of sp³-hybridized carbons (Fsp3) is 0.500. The average molecular weight is 406 g/mol. The van der Waals surface area contributed by atoms with E-state index in [0.717, 1.165) is 0 Å². The summed E-state index contributed by atoms with van der Waals surface area (Å²) in [5, 5.41) is 0. The van der Waals surface area contributed by atoms with Crippen molar-refractivity contribution in [1.29, 1.82) is 0 Å². The van der Waals surface area contributed by atoms with Crippen LogP contribution in [-0.4, -0.2) is 28.8 Å². The third kappa shape index (κ3) is 8.43. The molecule has 0 unspecified atom stereocenters. The minimum atomic E-state index is -4.06. The SMILES string of the molecule is CCCC(=O)OS(=O)(=O)Cc1ccc(CS(=O)(=O)OC(=O)CCC)cc1. The molecule has 0 aliphatic rings. The molecule has 8 nitrogen and oxygen atoms in total. The van der Waals surface area contributed by atoms with E-state index in [1.165, 1.54) is 24.3 Å². The van der Waals surface area contributed by atoms with Crippen LogP contribution >= 0.6 is 0 Å². The highest BCUT2D eigenvalue weighted by atomic mass is 32.2. The van der Waals surface area contributed by atoms with Crippen LogP contribution in [0, 0.1) is 0 Å². The zero-order valence-corrected chi connectivity index (χ0v) is 16.3. The summed E-state index contributed by atoms with van der Waals surface area (Å²) in [7, 11) is -8.13. The highest BCUT2D eigenvalue weighted by Gasteiger charge is 2.19. The zero-order valence-electron chi connectivity index (χ0n) is 14.6. The average Bonchev–Trinajstić information content (AvgIpc) is 2.47. The molecule has 0 amide bonds. The smallest absolute Gasteiger partial charge is 0.322 e. The Morgan fingerprint density at radius 2 is 1.04 bits per heavy atom. The molecule has 0 saturated carbocycles. The first-order chi connectivity index (χ1) is 12.1. The molecule has 0 fully saturated rings. The van der Waals surface area contributed by atoms with Gasteiger partial charge in [-0.15, -0.1) is 0 Å². The van der Waals surface area contributed by atoms with E-state index < -0.39 is 43.7 Å². The van der Waals surface area contributed by atoms with Crippen LogP contribution in [0.1, 0.15) is 50.7 Å². The maximum absolute atomic E-state index is 11.8. The lowest BCUT2D eigenvalue weighted by molar-refractivity contribution is -0.134. The van der Waals surface area contributed by atoms with E-state index >= 15 is 0 Å². The van der Waals surface area contributed by atoms with Gasteiger partial charge in [-0.2, -0.15) is 16.8 Å². The molecule has 10 heteroatoms. The van der Waals surface area contributed by atoms with Crippen molar-refractivity contribution in [3.63, 3.8) is 0 Å². The lowest BCUT2D eigenvalue weighted by atomic mass is 10.2. The summed E-state index contributed by atoms with van der Waals surface area (Å²) in [6.45, 7) is 3.44. The van der Waals surface area contributed by atoms with Gasteiger partial charge in [0, 0.05) is 12.8 Å². The van der Waals surface area contributed by atoms with Crippen molar-refractivity contribution < 1.29 is 34.8 Å². The minimum absolute atomic E-state index is 0.00672. The molecule has 0 radical (unpaired) electrons. The van der Waals surface area contributed by atoms with Gasteiger partial charge >= 0.3 is 32.2 Å². The van der Waals surface area contributed by atoms with E-state index in [0.29, 0.717) is 24.0 Å². The van der Waals surface area contributed by atoms with Crippen LogP contribution < -0.4 is 0 Å². The van der Waals surface area contributed by atoms with Crippen LogP contribution in [-0.2, 0) is 49.7 Å². The minimum Gasteiger partial charge on any atom is -0.345 e. The van der Waals surface area contributed by atoms with Gasteiger partial charge < -0.3 is 8.37 Å². The Hall–Kier alpha value is -1.94. The molecule has 1 rings (SSSR count). The molecule has 146 valence electrons. The number of carbonyl (C=O) groups excluding carboxylic acids is 2. The summed E-state index contributed by atoms with van der Waals surface area (Å²) >= 11 is 0. The molecule has 0 saturated heterocycles. The summed E-state index contributed by atoms with van der Waals surface area (Å²) in [4.78, 5) is 22.6. The Kier molecular flexibility index (Phi) is 8.22. The maximum atomic E-state index is 11.8. The van der Waals surface area contributed by atoms with Gasteiger partial charge in [-0.05, 0) is 24.0 Å². The van der Waals surface area contributed by atoms with E-state index in [4.69, 9.17) is 0 Å². The fourth-order valence-electron chi connectivity index (χ4n) is 1.97. The van der Waals surface area contributed by atoms with Crippen LogP contribution in [0.2, 0.25) is 0 Å². The predicted molar refractivity (Wildman–Crippen MR) is 93.7 cm³/mol. The highest BCUT2D eigenvalue weighted by Crippen LogP contribution is 2.14. The van der Waals surface area contributed by atoms with E-state index in [1.807, 2.05) is 0 Å². The largest absolute Gasteiger partial charge is 0.345 e. The summed E-state index contributed by atoms with van der Waals surface area (Å²) in [6, 6.07) is 5.63. The van der Waals surface area contributed by atoms with E-state index in [-0.39, 0.29) is 12.8 Å². The summed E-state index contributed by atoms with van der Waals surface area (Å²) in [5.74, 6) is -2.66. The molecule has 26 heavy (non-hydrogen) atoms. The van der Waals surface area contributed by atoms with Crippen molar-refractivity contribution in [3.8, 4) is 0 Å². The first-order valence-corrected chi connectivity index (χ1v) is 11.2. The van der Waals surface area contributed by atoms with Gasteiger partial charge in [-0.1, -0.05) is 38.1 Å². The summed E-state index contributed by atoms with van der Waals surface area (Å²) in [6.07, 6.45) is 0.959. The highest BCUT2D eigenvalue weighted by molar-refractivity contribution is 7.86. The molecule has 0 aliphatic carbocycles. The Morgan fingerprint density at radius 1 is 0.731 bits per heavy atom. The number of hydrogen-bond acceptors (Lipinski definition) is 8. The Labute approximate surface area is 153 Å². The monoisotopic (exact) mass is 406 g/mol. The molecule has 0 atom stereocenters. The van der Waals surface area contributed by atoms with E-state index in [1.54, 1.807) is 13.8 Å². The lowest BCUT2D eigenvalue weighted by Crippen LogP contribution is -2.15. The predicted octanol–water partition coefficient (Wildman–Crippen LogP) is 2.03. The molecule has 0 aromatic heterocycles. The number of carbonyl (C=O) groups is 2. The van der Waals surface area contributed by atoms with Gasteiger partial charge in [0.05, 0.1) is 0 Å². The Balaban J connectivity index is 2.71. The molecular formula is C16H22O8S2. The van der Waals surface area contributed by atoms with E-state index in [2.05, 4.69) is 8.37 Å². The van der Waals surface area contributed by atoms with Gasteiger partial charge in [0.15, 0.2) is 0 Å². The second kappa shape index (κ2) is 9.67. The van der Waals surface area contributed by atoms with Gasteiger partial charge in [-0.3, -0.25) is 9.59 Å². The van der Waals surface area contributed by atoms with Crippen molar-refractivity contribution in [1.82, 2.24) is 0 Å². The van der Waals surface area contributed by atoms with Gasteiger partial charge in [0.1, 0.15) is 11.5 Å². The third-order valence-corrected chi connectivity index (χ3v) is 5.31. The number of benzene rings is 1. The van der Waals surface area contributed by atoms with Gasteiger partial charge in [0.2, 0.25) is 0 Å². The summed E-state index contributed by atoms with van der Waals surface area (Å²) in [5.41, 5.74) is 0.664. The maximum Gasteiger partial charge on any atom is 0.322 e. The number of rotatable bonds is 10. The van der Waals surface area contributed by atoms with Crippen LogP contribution in [0.25, 0.3) is 0 Å². The molecule has 0 spiro atoms.